The van der Waals surface area contributed by atoms with Gasteiger partial charge in [0.25, 0.3) is 0 Å². The second-order valence-corrected chi connectivity index (χ2v) is 5.38. The Morgan fingerprint density at radius 1 is 0.643 bits per heavy atom. The van der Waals surface area contributed by atoms with Gasteiger partial charge in [0.2, 0.25) is 0 Å². The maximum atomic E-state index is 10.0. The van der Waals surface area contributed by atoms with E-state index in [1.807, 2.05) is 0 Å². The molecule has 10 nitrogen and oxygen atoms in total. The van der Waals surface area contributed by atoms with E-state index < -0.39 is 23.9 Å². The first-order valence-electron chi connectivity index (χ1n) is 7.19. The molecule has 0 unspecified atom stereocenters. The minimum absolute atomic E-state index is 0. The van der Waals surface area contributed by atoms with Crippen molar-refractivity contribution in [3.63, 3.8) is 0 Å². The smallest absolute Gasteiger partial charge is 0.550 e. The first-order chi connectivity index (χ1) is 12.0. The minimum Gasteiger partial charge on any atom is -0.550 e. The second kappa shape index (κ2) is 22.9. The van der Waals surface area contributed by atoms with E-state index in [-0.39, 0.29) is 121 Å². The van der Waals surface area contributed by atoms with Crippen LogP contribution in [-0.2, 0) is 28.7 Å². The van der Waals surface area contributed by atoms with E-state index in [4.69, 9.17) is 19.7 Å². The van der Waals surface area contributed by atoms with Crippen molar-refractivity contribution in [1.82, 2.24) is 0 Å². The van der Waals surface area contributed by atoms with E-state index in [1.165, 1.54) is 0 Å². The van der Waals surface area contributed by atoms with Crippen molar-refractivity contribution in [2.75, 3.05) is 13.2 Å². The van der Waals surface area contributed by atoms with Crippen LogP contribution in [0.5, 0.6) is 0 Å². The van der Waals surface area contributed by atoms with E-state index in [9.17, 15) is 29.4 Å². The number of carboxylic acids is 4. The summed E-state index contributed by atoms with van der Waals surface area (Å²) in [6.45, 7) is -0.0531. The molecule has 0 amide bonds. The number of aliphatic carboxylic acids is 4. The molecule has 0 atom stereocenters. The number of rotatable bonds is 12. The maximum Gasteiger partial charge on any atom is 1.00 e. The molecule has 0 bridgehead atoms. The molecule has 148 valence electrons. The third kappa shape index (κ3) is 33.3. The maximum absolute atomic E-state index is 10.0. The summed E-state index contributed by atoms with van der Waals surface area (Å²) in [7, 11) is 0. The third-order valence-corrected chi connectivity index (χ3v) is 2.87. The van der Waals surface area contributed by atoms with Crippen LogP contribution in [0.1, 0.15) is 38.5 Å². The van der Waals surface area contributed by atoms with Crippen LogP contribution < -0.4 is 69.3 Å². The number of carbonyl (C=O) groups is 4. The molecule has 0 rings (SSSR count). The Hall–Kier alpha value is -0.340. The summed E-state index contributed by atoms with van der Waals surface area (Å²) in [5.41, 5.74) is 0. The Kier molecular flexibility index (Phi) is 28.8. The molecule has 14 heteroatoms. The zero-order valence-electron chi connectivity index (χ0n) is 15.6. The summed E-state index contributed by atoms with van der Waals surface area (Å²) in [5.74, 6) is -4.38. The fourth-order valence-electron chi connectivity index (χ4n) is 1.06. The van der Waals surface area contributed by atoms with Crippen LogP contribution in [0.3, 0.4) is 0 Å². The van der Waals surface area contributed by atoms with Gasteiger partial charge in [-0.3, -0.25) is 9.59 Å². The Morgan fingerprint density at radius 3 is 1.14 bits per heavy atom. The molecule has 0 radical (unpaired) electrons. The predicted octanol–water partition coefficient (Wildman–Crippen LogP) is -7.32. The van der Waals surface area contributed by atoms with Crippen LogP contribution in [-0.4, -0.2) is 57.4 Å². The van der Waals surface area contributed by atoms with Gasteiger partial charge in [0.1, 0.15) is 0 Å². The number of carboxylic acid groups (broad SMARTS) is 4. The molecule has 2 N–H and O–H groups in total. The quantitative estimate of drug-likeness (QED) is 0.210. The van der Waals surface area contributed by atoms with Gasteiger partial charge in [-0.05, 0) is 37.3 Å². The van der Waals surface area contributed by atoms with Crippen molar-refractivity contribution in [3.05, 3.63) is 0 Å². The molecule has 28 heavy (non-hydrogen) atoms. The Balaban J connectivity index is -0.000000192. The molecule has 0 saturated heterocycles. The Bertz CT molecular complexity index is 482. The van der Waals surface area contributed by atoms with Gasteiger partial charge in [0.15, 0.2) is 10.1 Å². The van der Waals surface area contributed by atoms with Crippen LogP contribution in [0.25, 0.3) is 0 Å². The van der Waals surface area contributed by atoms with Crippen molar-refractivity contribution in [3.8, 4) is 0 Å². The summed E-state index contributed by atoms with van der Waals surface area (Å²) >= 11 is 9.24. The van der Waals surface area contributed by atoms with Gasteiger partial charge in [0.05, 0.1) is 26.1 Å². The summed E-state index contributed by atoms with van der Waals surface area (Å²) in [6.07, 6.45) is -0.538. The number of carbonyl (C=O) groups excluding carboxylic acids is 2. The molecule has 0 aromatic carbocycles. The second-order valence-electron chi connectivity index (χ2n) is 4.47. The SMILES string of the molecule is O=C([O-])CCC(=S)OCCC(=O)O.O=C([O-])CCC(=S)OCCC(=O)O.[Na+].[Na+]. The molecule has 0 aliphatic rings. The van der Waals surface area contributed by atoms with Gasteiger partial charge in [-0.1, -0.05) is 0 Å². The molecule has 0 aliphatic heterocycles. The van der Waals surface area contributed by atoms with Gasteiger partial charge in [-0.2, -0.15) is 0 Å². The molecule has 0 aliphatic carbocycles. The summed E-state index contributed by atoms with van der Waals surface area (Å²) in [6, 6.07) is 0. The van der Waals surface area contributed by atoms with E-state index in [0.29, 0.717) is 0 Å². The molecular weight excluding hydrogens is 438 g/mol. The summed E-state index contributed by atoms with van der Waals surface area (Å²) < 4.78 is 9.53. The normalized spacial score (nSPS) is 8.57. The van der Waals surface area contributed by atoms with Gasteiger partial charge in [-0.15, -0.1) is 0 Å². The monoisotopic (exact) mass is 456 g/mol. The van der Waals surface area contributed by atoms with Crippen molar-refractivity contribution in [2.24, 2.45) is 0 Å². The van der Waals surface area contributed by atoms with Crippen molar-refractivity contribution >= 4 is 58.4 Å². The number of hydrogen-bond acceptors (Lipinski definition) is 10. The van der Waals surface area contributed by atoms with Gasteiger partial charge in [-0.25, -0.2) is 0 Å². The number of thiocarbonyl (C=S) groups is 2. The average molecular weight is 456 g/mol. The summed E-state index contributed by atoms with van der Waals surface area (Å²) in [4.78, 5) is 40.0. The first kappa shape index (κ1) is 35.1. The van der Waals surface area contributed by atoms with Crippen LogP contribution in [0, 0.1) is 0 Å². The zero-order valence-corrected chi connectivity index (χ0v) is 21.3. The van der Waals surface area contributed by atoms with Crippen molar-refractivity contribution in [1.29, 1.82) is 0 Å². The zero-order chi connectivity index (χ0) is 20.5. The van der Waals surface area contributed by atoms with Crippen LogP contribution in [0.2, 0.25) is 0 Å². The third-order valence-electron chi connectivity index (χ3n) is 2.22. The fraction of sp³-hybridized carbons (Fsp3) is 0.571. The molecule has 0 spiro atoms. The largest absolute Gasteiger partial charge is 1.00 e. The minimum atomic E-state index is -1.20. The topological polar surface area (TPSA) is 173 Å². The van der Waals surface area contributed by atoms with Crippen LogP contribution in [0.4, 0.5) is 0 Å². The fourth-order valence-corrected chi connectivity index (χ4v) is 1.43. The van der Waals surface area contributed by atoms with Crippen LogP contribution >= 0.6 is 24.4 Å². The van der Waals surface area contributed by atoms with Crippen LogP contribution in [0.15, 0.2) is 0 Å². The average Bonchev–Trinajstić information content (AvgIpc) is 2.51. The van der Waals surface area contributed by atoms with E-state index in [1.54, 1.807) is 0 Å². The van der Waals surface area contributed by atoms with Gasteiger partial charge >= 0.3 is 71.1 Å². The molecule has 0 heterocycles. The molecule has 0 aromatic heterocycles. The number of hydrogen-bond donors (Lipinski definition) is 2. The van der Waals surface area contributed by atoms with Crippen molar-refractivity contribution < 1.29 is 108 Å². The van der Waals surface area contributed by atoms with Gasteiger partial charge in [0, 0.05) is 24.8 Å². The molecular formula is C14H18Na2O10S2. The van der Waals surface area contributed by atoms with E-state index in [2.05, 4.69) is 24.4 Å². The first-order valence-corrected chi connectivity index (χ1v) is 8.00. The summed E-state index contributed by atoms with van der Waals surface area (Å²) in [5, 5.41) is 36.6. The standard InChI is InChI=1S/2C7H10O5S.2Na/c2*8-5(9)1-2-7(13)12-4-3-6(10)11;;/h2*1-4H2,(H,8,9)(H,10,11);;/q;;2*+1/p-2. The van der Waals surface area contributed by atoms with E-state index >= 15 is 0 Å². The van der Waals surface area contributed by atoms with Gasteiger partial charge < -0.3 is 39.5 Å². The molecule has 0 fully saturated rings. The number of ether oxygens (including phenoxy) is 2. The Morgan fingerprint density at radius 2 is 0.929 bits per heavy atom. The van der Waals surface area contributed by atoms with Crippen molar-refractivity contribution in [2.45, 2.75) is 38.5 Å². The predicted molar refractivity (Wildman–Crippen MR) is 90.1 cm³/mol. The molecule has 0 saturated carbocycles. The molecule has 0 aromatic rings. The van der Waals surface area contributed by atoms with E-state index in [0.717, 1.165) is 0 Å². The Labute approximate surface area is 216 Å².